The van der Waals surface area contributed by atoms with Crippen molar-refractivity contribution in [3.63, 3.8) is 0 Å². The van der Waals surface area contributed by atoms with Crippen LogP contribution in [-0.4, -0.2) is 38.4 Å². The summed E-state index contributed by atoms with van der Waals surface area (Å²) < 4.78 is 31.0. The molecule has 1 heterocycles. The number of ether oxygens (including phenoxy) is 1. The van der Waals surface area contributed by atoms with Crippen LogP contribution in [0.5, 0.6) is 0 Å². The van der Waals surface area contributed by atoms with E-state index in [2.05, 4.69) is 10.0 Å². The number of carbonyl (C=O) groups excluding carboxylic acids is 2. The predicted molar refractivity (Wildman–Crippen MR) is 106 cm³/mol. The standard InChI is InChI=1S/C17H19N3O7S2/c1-11-5-6-13(20(23)24)17(12(11)2)19-14(21)10-27-15(22)7-8-18-29(25,26)16-4-3-9-28-16/h3-6,9,18H,7-8,10H2,1-2H3,(H,19,21). The molecule has 0 saturated heterocycles. The number of thiophene rings is 1. The molecular weight excluding hydrogens is 422 g/mol. The van der Waals surface area contributed by atoms with Crippen LogP contribution < -0.4 is 10.0 Å². The predicted octanol–water partition coefficient (Wildman–Crippen LogP) is 2.12. The van der Waals surface area contributed by atoms with Gasteiger partial charge in [-0.05, 0) is 36.4 Å². The van der Waals surface area contributed by atoms with Gasteiger partial charge in [0.15, 0.2) is 6.61 Å². The summed E-state index contributed by atoms with van der Waals surface area (Å²) in [6.07, 6.45) is -0.276. The summed E-state index contributed by atoms with van der Waals surface area (Å²) in [6, 6.07) is 5.87. The van der Waals surface area contributed by atoms with Gasteiger partial charge < -0.3 is 10.1 Å². The second kappa shape index (κ2) is 9.58. The number of aryl methyl sites for hydroxylation is 1. The average molecular weight is 441 g/mol. The van der Waals surface area contributed by atoms with Crippen molar-refractivity contribution in [1.82, 2.24) is 4.72 Å². The van der Waals surface area contributed by atoms with Crippen molar-refractivity contribution in [1.29, 1.82) is 0 Å². The molecule has 156 valence electrons. The van der Waals surface area contributed by atoms with E-state index in [0.717, 1.165) is 16.9 Å². The van der Waals surface area contributed by atoms with Crippen LogP contribution in [0, 0.1) is 24.0 Å². The van der Waals surface area contributed by atoms with E-state index in [4.69, 9.17) is 4.74 Å². The largest absolute Gasteiger partial charge is 0.456 e. The lowest BCUT2D eigenvalue weighted by molar-refractivity contribution is -0.384. The Bertz CT molecular complexity index is 1020. The molecule has 0 aliphatic carbocycles. The first-order valence-electron chi connectivity index (χ1n) is 8.35. The molecule has 0 spiro atoms. The summed E-state index contributed by atoms with van der Waals surface area (Å²) in [5.74, 6) is -1.53. The van der Waals surface area contributed by atoms with Gasteiger partial charge in [-0.15, -0.1) is 11.3 Å². The Morgan fingerprint density at radius 2 is 1.97 bits per heavy atom. The molecule has 1 amide bonds. The Hall–Kier alpha value is -2.83. The second-order valence-electron chi connectivity index (χ2n) is 5.95. The highest BCUT2D eigenvalue weighted by Gasteiger charge is 2.20. The number of sulfonamides is 1. The number of carbonyl (C=O) groups is 2. The van der Waals surface area contributed by atoms with E-state index >= 15 is 0 Å². The first-order valence-corrected chi connectivity index (χ1v) is 10.7. The Morgan fingerprint density at radius 3 is 2.59 bits per heavy atom. The average Bonchev–Trinajstić information content (AvgIpc) is 3.19. The van der Waals surface area contributed by atoms with Crippen LogP contribution in [0.25, 0.3) is 0 Å². The highest BCUT2D eigenvalue weighted by molar-refractivity contribution is 7.91. The molecule has 0 aliphatic rings. The summed E-state index contributed by atoms with van der Waals surface area (Å²) in [5, 5.41) is 15.1. The van der Waals surface area contributed by atoms with E-state index in [1.165, 1.54) is 12.1 Å². The molecule has 2 rings (SSSR count). The van der Waals surface area contributed by atoms with Gasteiger partial charge in [0.25, 0.3) is 11.6 Å². The van der Waals surface area contributed by atoms with E-state index in [1.54, 1.807) is 31.4 Å². The fraction of sp³-hybridized carbons (Fsp3) is 0.294. The van der Waals surface area contributed by atoms with Gasteiger partial charge in [-0.1, -0.05) is 12.1 Å². The van der Waals surface area contributed by atoms with Gasteiger partial charge in [0, 0.05) is 12.6 Å². The number of hydrogen-bond donors (Lipinski definition) is 2. The van der Waals surface area contributed by atoms with Crippen LogP contribution in [0.2, 0.25) is 0 Å². The summed E-state index contributed by atoms with van der Waals surface area (Å²) in [7, 11) is -3.69. The van der Waals surface area contributed by atoms with Gasteiger partial charge in [0.1, 0.15) is 9.90 Å². The molecule has 12 heteroatoms. The molecule has 1 aromatic carbocycles. The quantitative estimate of drug-likeness (QED) is 0.344. The number of hydrogen-bond acceptors (Lipinski definition) is 8. The Kier molecular flexibility index (Phi) is 7.42. The monoisotopic (exact) mass is 441 g/mol. The summed E-state index contributed by atoms with van der Waals surface area (Å²) in [5.41, 5.74) is 1.05. The minimum atomic E-state index is -3.69. The first kappa shape index (κ1) is 22.5. The van der Waals surface area contributed by atoms with Gasteiger partial charge in [0.2, 0.25) is 10.0 Å². The van der Waals surface area contributed by atoms with E-state index in [-0.39, 0.29) is 28.5 Å². The number of nitrogens with one attached hydrogen (secondary N) is 2. The molecule has 0 aliphatic heterocycles. The molecule has 2 aromatic rings. The van der Waals surface area contributed by atoms with Crippen molar-refractivity contribution in [2.45, 2.75) is 24.5 Å². The van der Waals surface area contributed by atoms with Gasteiger partial charge >= 0.3 is 5.97 Å². The topological polar surface area (TPSA) is 145 Å². The van der Waals surface area contributed by atoms with E-state index in [1.807, 2.05) is 0 Å². The summed E-state index contributed by atoms with van der Waals surface area (Å²) in [4.78, 5) is 34.3. The summed E-state index contributed by atoms with van der Waals surface area (Å²) in [6.45, 7) is 2.53. The number of nitro groups is 1. The molecule has 0 saturated carbocycles. The molecule has 0 bridgehead atoms. The SMILES string of the molecule is Cc1ccc([N+](=O)[O-])c(NC(=O)COC(=O)CCNS(=O)(=O)c2cccs2)c1C. The zero-order valence-corrected chi connectivity index (χ0v) is 17.3. The zero-order valence-electron chi connectivity index (χ0n) is 15.6. The van der Waals surface area contributed by atoms with Crippen molar-refractivity contribution in [2.75, 3.05) is 18.5 Å². The van der Waals surface area contributed by atoms with Gasteiger partial charge in [0.05, 0.1) is 11.3 Å². The molecule has 0 radical (unpaired) electrons. The zero-order chi connectivity index (χ0) is 21.6. The fourth-order valence-electron chi connectivity index (χ4n) is 2.28. The molecule has 1 aromatic heterocycles. The molecule has 29 heavy (non-hydrogen) atoms. The molecule has 2 N–H and O–H groups in total. The minimum absolute atomic E-state index is 0.0414. The number of nitro benzene ring substituents is 1. The lowest BCUT2D eigenvalue weighted by Crippen LogP contribution is -2.27. The van der Waals surface area contributed by atoms with Crippen LogP contribution in [-0.2, 0) is 24.3 Å². The van der Waals surface area contributed by atoms with Gasteiger partial charge in [-0.25, -0.2) is 13.1 Å². The third-order valence-electron chi connectivity index (χ3n) is 3.92. The van der Waals surface area contributed by atoms with E-state index < -0.39 is 33.4 Å². The molecular formula is C17H19N3O7S2. The third kappa shape index (κ3) is 6.07. The van der Waals surface area contributed by atoms with Crippen molar-refractivity contribution < 1.29 is 27.7 Å². The Balaban J connectivity index is 1.85. The van der Waals surface area contributed by atoms with Crippen LogP contribution in [0.15, 0.2) is 33.9 Å². The molecule has 0 atom stereocenters. The van der Waals surface area contributed by atoms with E-state index in [9.17, 15) is 28.1 Å². The highest BCUT2D eigenvalue weighted by Crippen LogP contribution is 2.30. The first-order chi connectivity index (χ1) is 13.6. The minimum Gasteiger partial charge on any atom is -0.456 e. The highest BCUT2D eigenvalue weighted by atomic mass is 32.2. The van der Waals surface area contributed by atoms with Crippen LogP contribution in [0.1, 0.15) is 17.5 Å². The van der Waals surface area contributed by atoms with Crippen molar-refractivity contribution >= 4 is 44.6 Å². The number of nitrogens with zero attached hydrogens (tertiary/aromatic N) is 1. The van der Waals surface area contributed by atoms with Crippen LogP contribution in [0.4, 0.5) is 11.4 Å². The molecule has 0 unspecified atom stereocenters. The van der Waals surface area contributed by atoms with Crippen molar-refractivity contribution in [2.24, 2.45) is 0 Å². The third-order valence-corrected chi connectivity index (χ3v) is 6.78. The number of rotatable bonds is 9. The fourth-order valence-corrected chi connectivity index (χ4v) is 4.35. The lowest BCUT2D eigenvalue weighted by Gasteiger charge is -2.11. The Morgan fingerprint density at radius 1 is 1.24 bits per heavy atom. The van der Waals surface area contributed by atoms with Gasteiger partial charge in [-0.3, -0.25) is 19.7 Å². The van der Waals surface area contributed by atoms with Crippen LogP contribution >= 0.6 is 11.3 Å². The number of benzene rings is 1. The summed E-state index contributed by atoms with van der Waals surface area (Å²) >= 11 is 1.04. The lowest BCUT2D eigenvalue weighted by atomic mass is 10.1. The Labute approximate surface area is 171 Å². The maximum Gasteiger partial charge on any atom is 0.307 e. The van der Waals surface area contributed by atoms with Crippen molar-refractivity contribution in [3.8, 4) is 0 Å². The smallest absolute Gasteiger partial charge is 0.307 e. The molecule has 0 fully saturated rings. The maximum absolute atomic E-state index is 12.0. The van der Waals surface area contributed by atoms with Gasteiger partial charge in [-0.2, -0.15) is 0 Å². The number of anilines is 1. The number of esters is 1. The normalized spacial score (nSPS) is 11.1. The second-order valence-corrected chi connectivity index (χ2v) is 8.89. The van der Waals surface area contributed by atoms with E-state index in [0.29, 0.717) is 5.56 Å². The van der Waals surface area contributed by atoms with Crippen LogP contribution in [0.3, 0.4) is 0 Å². The maximum atomic E-state index is 12.0. The number of amides is 1. The molecule has 10 nitrogen and oxygen atoms in total. The van der Waals surface area contributed by atoms with Crippen molar-refractivity contribution in [3.05, 3.63) is 50.9 Å².